The van der Waals surface area contributed by atoms with Gasteiger partial charge in [-0.1, -0.05) is 10.4 Å². The summed E-state index contributed by atoms with van der Waals surface area (Å²) < 4.78 is 0. The van der Waals surface area contributed by atoms with Gasteiger partial charge in [0.15, 0.2) is 18.5 Å². The van der Waals surface area contributed by atoms with E-state index in [1.807, 2.05) is 0 Å². The molecule has 4 N–H and O–H groups in total. The SMILES string of the molecule is Nc1cnnnn1.c1nn[nH]n1.c1nn[nH]n1. The van der Waals surface area contributed by atoms with Crippen LogP contribution < -0.4 is 5.73 Å². The molecule has 3 rings (SSSR count). The number of hydrogen-bond acceptors (Lipinski definition) is 11. The van der Waals surface area contributed by atoms with Crippen LogP contribution in [0.15, 0.2) is 18.9 Å². The normalized spacial score (nSPS) is 8.24. The average Bonchev–Trinajstić information content (AvgIpc) is 3.09. The molecule has 17 heavy (non-hydrogen) atoms. The number of nitrogens with one attached hydrogen (secondary N) is 2. The fourth-order valence-corrected chi connectivity index (χ4v) is 0.464. The summed E-state index contributed by atoms with van der Waals surface area (Å²) in [5.41, 5.74) is 5.08. The molecule has 0 radical (unpaired) electrons. The zero-order valence-electron chi connectivity index (χ0n) is 8.28. The number of aromatic amines is 2. The van der Waals surface area contributed by atoms with E-state index in [1.165, 1.54) is 18.9 Å². The highest BCUT2D eigenvalue weighted by atomic mass is 15.5. The molecule has 0 saturated heterocycles. The minimum Gasteiger partial charge on any atom is -0.381 e. The van der Waals surface area contributed by atoms with E-state index in [0.717, 1.165) is 0 Å². The predicted octanol–water partition coefficient (Wildman–Crippen LogP) is -2.75. The number of nitrogen functional groups attached to an aromatic ring is 1. The molecule has 3 aromatic heterocycles. The van der Waals surface area contributed by atoms with E-state index in [4.69, 9.17) is 5.73 Å². The Morgan fingerprint density at radius 2 is 1.53 bits per heavy atom. The van der Waals surface area contributed by atoms with Crippen molar-refractivity contribution in [3.63, 3.8) is 0 Å². The number of nitrogens with zero attached hydrogens (tertiary/aromatic N) is 10. The number of hydrogen-bond donors (Lipinski definition) is 3. The number of H-pyrrole nitrogens is 2. The second-order valence-corrected chi connectivity index (χ2v) is 2.07. The van der Waals surface area contributed by atoms with E-state index in [9.17, 15) is 0 Å². The van der Waals surface area contributed by atoms with Gasteiger partial charge in [0.05, 0.1) is 6.20 Å². The molecule has 0 spiro atoms. The molecule has 0 fully saturated rings. The highest BCUT2D eigenvalue weighted by molar-refractivity contribution is 5.17. The second-order valence-electron chi connectivity index (χ2n) is 2.07. The fourth-order valence-electron chi connectivity index (χ4n) is 0.464. The van der Waals surface area contributed by atoms with Crippen molar-refractivity contribution >= 4 is 5.82 Å². The number of aromatic nitrogens is 12. The third kappa shape index (κ3) is 6.89. The standard InChI is InChI=1S/C2H3N5.2CH2N4/c3-2-1-4-6-7-5-2;2*1-2-4-5-3-1/h1H,(H2,3,5,6);2*1H,(H,2,3,4,5). The second kappa shape index (κ2) is 8.21. The van der Waals surface area contributed by atoms with Crippen molar-refractivity contribution in [3.8, 4) is 0 Å². The summed E-state index contributed by atoms with van der Waals surface area (Å²) in [6, 6.07) is 0. The van der Waals surface area contributed by atoms with E-state index in [2.05, 4.69) is 61.9 Å². The largest absolute Gasteiger partial charge is 0.381 e. The number of nitrogens with two attached hydrogens (primary N) is 1. The molecule has 3 heterocycles. The quantitative estimate of drug-likeness (QED) is 0.367. The lowest BCUT2D eigenvalue weighted by Crippen LogP contribution is -1.95. The monoisotopic (exact) mass is 237 g/mol. The van der Waals surface area contributed by atoms with E-state index in [0.29, 0.717) is 0 Å². The summed E-state index contributed by atoms with van der Waals surface area (Å²) >= 11 is 0. The molecule has 13 nitrogen and oxygen atoms in total. The molecule has 0 atom stereocenters. The number of rotatable bonds is 0. The highest BCUT2D eigenvalue weighted by Gasteiger charge is 1.78. The molecule has 0 aliphatic rings. The Morgan fingerprint density at radius 1 is 0.882 bits per heavy atom. The van der Waals surface area contributed by atoms with Crippen molar-refractivity contribution in [2.75, 3.05) is 5.73 Å². The Balaban J connectivity index is 0.000000130. The summed E-state index contributed by atoms with van der Waals surface area (Å²) in [6.07, 6.45) is 3.99. The molecule has 0 unspecified atom stereocenters. The van der Waals surface area contributed by atoms with Crippen molar-refractivity contribution in [1.82, 2.24) is 61.9 Å². The van der Waals surface area contributed by atoms with Crippen LogP contribution in [0.5, 0.6) is 0 Å². The van der Waals surface area contributed by atoms with Gasteiger partial charge >= 0.3 is 0 Å². The fraction of sp³-hybridized carbons (Fsp3) is 0. The molecule has 88 valence electrons. The molecular formula is C4H7N13. The van der Waals surface area contributed by atoms with Gasteiger partial charge in [0.2, 0.25) is 0 Å². The maximum atomic E-state index is 5.08. The van der Waals surface area contributed by atoms with E-state index < -0.39 is 0 Å². The molecular weight excluding hydrogens is 230 g/mol. The van der Waals surface area contributed by atoms with Crippen LogP contribution in [-0.2, 0) is 0 Å². The maximum Gasteiger partial charge on any atom is 0.168 e. The van der Waals surface area contributed by atoms with Crippen molar-refractivity contribution in [3.05, 3.63) is 18.9 Å². The van der Waals surface area contributed by atoms with Gasteiger partial charge in [0, 0.05) is 0 Å². The maximum absolute atomic E-state index is 5.08. The van der Waals surface area contributed by atoms with Crippen LogP contribution in [0.25, 0.3) is 0 Å². The first-order valence-electron chi connectivity index (χ1n) is 3.99. The smallest absolute Gasteiger partial charge is 0.168 e. The summed E-state index contributed by atoms with van der Waals surface area (Å²) in [4.78, 5) is 0. The highest BCUT2D eigenvalue weighted by Crippen LogP contribution is 1.79. The molecule has 0 aliphatic carbocycles. The van der Waals surface area contributed by atoms with Crippen LogP contribution in [-0.4, -0.2) is 61.9 Å². The minimum absolute atomic E-state index is 0.287. The van der Waals surface area contributed by atoms with Gasteiger partial charge in [-0.15, -0.1) is 30.6 Å². The molecule has 0 amide bonds. The summed E-state index contributed by atoms with van der Waals surface area (Å²) in [7, 11) is 0. The third-order valence-corrected chi connectivity index (χ3v) is 0.981. The van der Waals surface area contributed by atoms with E-state index in [1.54, 1.807) is 0 Å². The summed E-state index contributed by atoms with van der Waals surface area (Å²) in [5, 5.41) is 37.3. The molecule has 0 aliphatic heterocycles. The molecule has 0 saturated carbocycles. The zero-order valence-corrected chi connectivity index (χ0v) is 8.28. The van der Waals surface area contributed by atoms with Crippen molar-refractivity contribution in [2.45, 2.75) is 0 Å². The van der Waals surface area contributed by atoms with Crippen LogP contribution in [0.1, 0.15) is 0 Å². The first-order chi connectivity index (χ1) is 8.39. The molecule has 3 aromatic rings. The van der Waals surface area contributed by atoms with E-state index >= 15 is 0 Å². The third-order valence-electron chi connectivity index (χ3n) is 0.981. The average molecular weight is 237 g/mol. The van der Waals surface area contributed by atoms with E-state index in [-0.39, 0.29) is 5.82 Å². The van der Waals surface area contributed by atoms with Crippen LogP contribution in [0.4, 0.5) is 5.82 Å². The first kappa shape index (κ1) is 12.0. The van der Waals surface area contributed by atoms with Crippen LogP contribution in [0, 0.1) is 0 Å². The lowest BCUT2D eigenvalue weighted by atomic mass is 10.8. The Morgan fingerprint density at radius 3 is 1.71 bits per heavy atom. The number of tetrazole rings is 2. The summed E-state index contributed by atoms with van der Waals surface area (Å²) in [5.74, 6) is 0.287. The van der Waals surface area contributed by atoms with Crippen LogP contribution >= 0.6 is 0 Å². The van der Waals surface area contributed by atoms with Gasteiger partial charge in [-0.05, 0) is 10.4 Å². The number of anilines is 1. The van der Waals surface area contributed by atoms with Crippen molar-refractivity contribution < 1.29 is 0 Å². The Bertz CT molecular complexity index is 371. The lowest BCUT2D eigenvalue weighted by molar-refractivity contribution is 0.769. The minimum atomic E-state index is 0.287. The Labute approximate surface area is 93.2 Å². The Kier molecular flexibility index (Phi) is 5.77. The molecule has 0 bridgehead atoms. The van der Waals surface area contributed by atoms with Crippen LogP contribution in [0.2, 0.25) is 0 Å². The van der Waals surface area contributed by atoms with Gasteiger partial charge in [-0.2, -0.15) is 10.4 Å². The summed E-state index contributed by atoms with van der Waals surface area (Å²) in [6.45, 7) is 0. The first-order valence-corrected chi connectivity index (χ1v) is 3.99. The lowest BCUT2D eigenvalue weighted by Gasteiger charge is -1.79. The van der Waals surface area contributed by atoms with Gasteiger partial charge in [-0.25, -0.2) is 0 Å². The molecule has 0 aromatic carbocycles. The van der Waals surface area contributed by atoms with Gasteiger partial charge in [-0.3, -0.25) is 0 Å². The van der Waals surface area contributed by atoms with Gasteiger partial charge < -0.3 is 5.73 Å². The Hall–Kier alpha value is -3.12. The predicted molar refractivity (Wildman–Crippen MR) is 50.4 cm³/mol. The van der Waals surface area contributed by atoms with Crippen molar-refractivity contribution in [1.29, 1.82) is 0 Å². The zero-order chi connectivity index (χ0) is 12.2. The van der Waals surface area contributed by atoms with Gasteiger partial charge in [0.1, 0.15) is 0 Å². The van der Waals surface area contributed by atoms with Gasteiger partial charge in [0.25, 0.3) is 0 Å². The van der Waals surface area contributed by atoms with Crippen LogP contribution in [0.3, 0.4) is 0 Å². The molecule has 13 heteroatoms. The topological polar surface area (TPSA) is 186 Å². The van der Waals surface area contributed by atoms with Crippen molar-refractivity contribution in [2.24, 2.45) is 0 Å².